The van der Waals surface area contributed by atoms with Crippen LogP contribution in [0.15, 0.2) is 0 Å². The number of rotatable bonds is 4. The van der Waals surface area contributed by atoms with Gasteiger partial charge in [0.2, 0.25) is 0 Å². The van der Waals surface area contributed by atoms with Gasteiger partial charge in [0.25, 0.3) is 0 Å². The molecule has 1 unspecified atom stereocenters. The molecule has 0 amide bonds. The van der Waals surface area contributed by atoms with Crippen LogP contribution in [0.5, 0.6) is 0 Å². The highest BCUT2D eigenvalue weighted by molar-refractivity contribution is 5.06. The van der Waals surface area contributed by atoms with Crippen molar-refractivity contribution < 1.29 is 0 Å². The van der Waals surface area contributed by atoms with Crippen molar-refractivity contribution in [2.45, 2.75) is 78.2 Å². The molecule has 4 rings (SSSR count). The summed E-state index contributed by atoms with van der Waals surface area (Å²) in [7, 11) is 2.21. The van der Waals surface area contributed by atoms with E-state index in [0.717, 1.165) is 23.8 Å². The fourth-order valence-corrected chi connectivity index (χ4v) is 5.94. The molecule has 4 aliphatic rings. The van der Waals surface area contributed by atoms with Gasteiger partial charge in [0, 0.05) is 6.04 Å². The zero-order chi connectivity index (χ0) is 13.7. The van der Waals surface area contributed by atoms with Gasteiger partial charge in [-0.25, -0.2) is 0 Å². The lowest BCUT2D eigenvalue weighted by Crippen LogP contribution is -2.55. The Bertz CT molecular complexity index is 290. The van der Waals surface area contributed by atoms with E-state index in [2.05, 4.69) is 33.1 Å². The van der Waals surface area contributed by atoms with Crippen LogP contribution >= 0.6 is 0 Å². The molecular formula is C18H33N. The van der Waals surface area contributed by atoms with Crippen molar-refractivity contribution in [3.63, 3.8) is 0 Å². The third-order valence-electron chi connectivity index (χ3n) is 6.36. The van der Waals surface area contributed by atoms with E-state index in [-0.39, 0.29) is 0 Å². The average Bonchev–Trinajstić information content (AvgIpc) is 2.25. The molecule has 0 aromatic carbocycles. The molecule has 0 radical (unpaired) electrons. The molecule has 1 heteroatoms. The molecule has 0 heterocycles. The maximum Gasteiger partial charge on any atom is 0.0121 e. The third kappa shape index (κ3) is 2.73. The summed E-state index contributed by atoms with van der Waals surface area (Å²) < 4.78 is 0. The van der Waals surface area contributed by atoms with Gasteiger partial charge in [-0.2, -0.15) is 0 Å². The summed E-state index contributed by atoms with van der Waals surface area (Å²) in [5, 5.41) is 3.73. The van der Waals surface area contributed by atoms with E-state index in [4.69, 9.17) is 0 Å². The predicted octanol–water partition coefficient (Wildman–Crippen LogP) is 4.62. The van der Waals surface area contributed by atoms with E-state index in [0.29, 0.717) is 10.8 Å². The summed E-state index contributed by atoms with van der Waals surface area (Å²) in [4.78, 5) is 0. The van der Waals surface area contributed by atoms with Crippen molar-refractivity contribution >= 4 is 0 Å². The Kier molecular flexibility index (Phi) is 3.48. The minimum atomic E-state index is 0.484. The van der Waals surface area contributed by atoms with Gasteiger partial charge >= 0.3 is 0 Å². The molecule has 0 spiro atoms. The Labute approximate surface area is 119 Å². The van der Waals surface area contributed by atoms with Crippen LogP contribution < -0.4 is 5.32 Å². The SMILES string of the molecule is CNC(CCC(C)(C)C)C12CC3CC(CC(C3)C1)C2. The van der Waals surface area contributed by atoms with Gasteiger partial charge in [0.1, 0.15) is 0 Å². The molecule has 4 saturated carbocycles. The smallest absolute Gasteiger partial charge is 0.0121 e. The van der Waals surface area contributed by atoms with Crippen LogP contribution in [0.3, 0.4) is 0 Å². The van der Waals surface area contributed by atoms with Crippen LogP contribution in [0.25, 0.3) is 0 Å². The second kappa shape index (κ2) is 4.76. The summed E-state index contributed by atoms with van der Waals surface area (Å²) in [6.07, 6.45) is 12.0. The molecule has 4 bridgehead atoms. The summed E-state index contributed by atoms with van der Waals surface area (Å²) in [6, 6.07) is 0.778. The largest absolute Gasteiger partial charge is 0.316 e. The van der Waals surface area contributed by atoms with E-state index in [1.165, 1.54) is 32.1 Å². The molecular weight excluding hydrogens is 230 g/mol. The maximum absolute atomic E-state index is 3.73. The van der Waals surface area contributed by atoms with Crippen LogP contribution in [-0.4, -0.2) is 13.1 Å². The molecule has 0 aromatic heterocycles. The summed E-state index contributed by atoms with van der Waals surface area (Å²) in [5.74, 6) is 3.24. The first-order valence-electron chi connectivity index (χ1n) is 8.57. The first kappa shape index (κ1) is 13.9. The monoisotopic (exact) mass is 263 g/mol. The zero-order valence-corrected chi connectivity index (χ0v) is 13.5. The standard InChI is InChI=1S/C18H33N/c1-17(2,3)6-5-16(19-4)18-10-13-7-14(11-18)9-15(8-13)12-18/h13-16,19H,5-12H2,1-4H3. The van der Waals surface area contributed by atoms with E-state index in [1.54, 1.807) is 19.3 Å². The van der Waals surface area contributed by atoms with Gasteiger partial charge in [-0.1, -0.05) is 20.8 Å². The molecule has 0 aliphatic heterocycles. The first-order chi connectivity index (χ1) is 8.90. The third-order valence-corrected chi connectivity index (χ3v) is 6.36. The normalized spacial score (nSPS) is 42.6. The van der Waals surface area contributed by atoms with Gasteiger partial charge in [-0.15, -0.1) is 0 Å². The molecule has 0 saturated heterocycles. The van der Waals surface area contributed by atoms with Gasteiger partial charge < -0.3 is 5.32 Å². The Morgan fingerprint density at radius 1 is 1.00 bits per heavy atom. The second-order valence-electron chi connectivity index (χ2n) is 9.22. The van der Waals surface area contributed by atoms with Crippen LogP contribution in [-0.2, 0) is 0 Å². The van der Waals surface area contributed by atoms with Crippen molar-refractivity contribution in [3.05, 3.63) is 0 Å². The van der Waals surface area contributed by atoms with Crippen molar-refractivity contribution in [1.29, 1.82) is 0 Å². The lowest BCUT2D eigenvalue weighted by Gasteiger charge is -2.59. The minimum Gasteiger partial charge on any atom is -0.316 e. The van der Waals surface area contributed by atoms with Gasteiger partial charge in [-0.05, 0) is 87.0 Å². The van der Waals surface area contributed by atoms with Gasteiger partial charge in [0.15, 0.2) is 0 Å². The molecule has 0 aromatic rings. The highest BCUT2D eigenvalue weighted by Gasteiger charge is 2.53. The second-order valence-corrected chi connectivity index (χ2v) is 9.22. The van der Waals surface area contributed by atoms with Crippen molar-refractivity contribution in [1.82, 2.24) is 5.32 Å². The zero-order valence-electron chi connectivity index (χ0n) is 13.5. The van der Waals surface area contributed by atoms with Crippen molar-refractivity contribution in [2.24, 2.45) is 28.6 Å². The fraction of sp³-hybridized carbons (Fsp3) is 1.00. The number of nitrogens with one attached hydrogen (secondary N) is 1. The first-order valence-corrected chi connectivity index (χ1v) is 8.57. The molecule has 4 aliphatic carbocycles. The van der Waals surface area contributed by atoms with Gasteiger partial charge in [0.05, 0.1) is 0 Å². The molecule has 1 atom stereocenters. The minimum absolute atomic E-state index is 0.484. The molecule has 4 fully saturated rings. The lowest BCUT2D eigenvalue weighted by atomic mass is 9.47. The molecule has 110 valence electrons. The Hall–Kier alpha value is -0.0400. The van der Waals surface area contributed by atoms with Crippen LogP contribution in [0, 0.1) is 28.6 Å². The predicted molar refractivity (Wildman–Crippen MR) is 82.1 cm³/mol. The summed E-state index contributed by atoms with van der Waals surface area (Å²) in [5.41, 5.74) is 1.16. The topological polar surface area (TPSA) is 12.0 Å². The van der Waals surface area contributed by atoms with Gasteiger partial charge in [-0.3, -0.25) is 0 Å². The van der Waals surface area contributed by atoms with Crippen molar-refractivity contribution in [2.75, 3.05) is 7.05 Å². The highest BCUT2D eigenvalue weighted by atomic mass is 14.9. The molecule has 1 nitrogen and oxygen atoms in total. The number of hydrogen-bond acceptors (Lipinski definition) is 1. The Morgan fingerprint density at radius 3 is 1.84 bits per heavy atom. The Morgan fingerprint density at radius 2 is 1.47 bits per heavy atom. The van der Waals surface area contributed by atoms with E-state index >= 15 is 0 Å². The fourth-order valence-electron chi connectivity index (χ4n) is 5.94. The van der Waals surface area contributed by atoms with Crippen molar-refractivity contribution in [3.8, 4) is 0 Å². The van der Waals surface area contributed by atoms with Crippen LogP contribution in [0.4, 0.5) is 0 Å². The quantitative estimate of drug-likeness (QED) is 0.780. The molecule has 19 heavy (non-hydrogen) atoms. The van der Waals surface area contributed by atoms with E-state index in [1.807, 2.05) is 0 Å². The number of hydrogen-bond donors (Lipinski definition) is 1. The Balaban J connectivity index is 1.71. The highest BCUT2D eigenvalue weighted by Crippen LogP contribution is 2.61. The van der Waals surface area contributed by atoms with E-state index in [9.17, 15) is 0 Å². The maximum atomic E-state index is 3.73. The van der Waals surface area contributed by atoms with E-state index < -0.39 is 0 Å². The molecule has 1 N–H and O–H groups in total. The van der Waals surface area contributed by atoms with Crippen LogP contribution in [0.2, 0.25) is 0 Å². The summed E-state index contributed by atoms with van der Waals surface area (Å²) >= 11 is 0. The summed E-state index contributed by atoms with van der Waals surface area (Å²) in [6.45, 7) is 7.16. The van der Waals surface area contributed by atoms with Crippen LogP contribution in [0.1, 0.15) is 72.1 Å². The average molecular weight is 263 g/mol. The lowest BCUT2D eigenvalue weighted by molar-refractivity contribution is -0.0752.